The van der Waals surface area contributed by atoms with Crippen LogP contribution in [0.5, 0.6) is 11.5 Å². The number of unbranched alkanes of at least 4 members (excludes halogenated alkanes) is 2. The number of hydrogen-bond donors (Lipinski definition) is 1. The third-order valence-corrected chi connectivity index (χ3v) is 6.21. The van der Waals surface area contributed by atoms with Crippen LogP contribution in [0.1, 0.15) is 72.3 Å². The molecule has 0 aliphatic heterocycles. The Balaban J connectivity index is 1.79. The SMILES string of the molecule is CCCCN(CCCC)CCCOc1cc(-n2nc3ccc(Cl)cc3n2)c(O)c(C(C)(C)C)c1. The van der Waals surface area contributed by atoms with Gasteiger partial charge in [-0.05, 0) is 62.0 Å². The summed E-state index contributed by atoms with van der Waals surface area (Å²) < 4.78 is 6.18. The maximum Gasteiger partial charge on any atom is 0.147 e. The predicted molar refractivity (Wildman–Crippen MR) is 141 cm³/mol. The van der Waals surface area contributed by atoms with Crippen LogP contribution < -0.4 is 4.74 Å². The number of aromatic hydroxyl groups is 1. The second-order valence-corrected chi connectivity index (χ2v) is 10.4. The number of fused-ring (bicyclic) bond motifs is 1. The first-order valence-electron chi connectivity index (χ1n) is 12.5. The van der Waals surface area contributed by atoms with E-state index in [0.717, 1.165) is 31.6 Å². The van der Waals surface area contributed by atoms with E-state index < -0.39 is 0 Å². The molecule has 0 aliphatic carbocycles. The molecular formula is C27H39ClN4O2. The smallest absolute Gasteiger partial charge is 0.147 e. The van der Waals surface area contributed by atoms with E-state index in [-0.39, 0.29) is 11.2 Å². The number of phenols is 1. The molecule has 0 amide bonds. The van der Waals surface area contributed by atoms with Crippen LogP contribution in [-0.2, 0) is 5.41 Å². The highest BCUT2D eigenvalue weighted by molar-refractivity contribution is 6.31. The minimum atomic E-state index is -0.273. The van der Waals surface area contributed by atoms with E-state index >= 15 is 0 Å². The van der Waals surface area contributed by atoms with Crippen LogP contribution in [-0.4, -0.2) is 51.2 Å². The van der Waals surface area contributed by atoms with Gasteiger partial charge in [-0.1, -0.05) is 59.1 Å². The van der Waals surface area contributed by atoms with Crippen LogP contribution in [0.15, 0.2) is 30.3 Å². The number of hydrogen-bond acceptors (Lipinski definition) is 5. The van der Waals surface area contributed by atoms with Crippen LogP contribution >= 0.6 is 11.6 Å². The molecule has 0 bridgehead atoms. The zero-order valence-corrected chi connectivity index (χ0v) is 22.0. The molecule has 7 heteroatoms. The van der Waals surface area contributed by atoms with E-state index in [1.165, 1.54) is 30.5 Å². The van der Waals surface area contributed by atoms with E-state index in [1.807, 2.05) is 18.2 Å². The maximum absolute atomic E-state index is 11.1. The Bertz CT molecular complexity index is 1070. The highest BCUT2D eigenvalue weighted by atomic mass is 35.5. The number of ether oxygens (including phenoxy) is 1. The standard InChI is InChI=1S/C27H39ClN4O2/c1-6-8-13-31(14-9-7-2)15-10-16-34-21-18-22(27(3,4)5)26(33)25(19-21)32-29-23-12-11-20(28)17-24(23)30-32/h11-12,17-19,33H,6-10,13-16H2,1-5H3. The van der Waals surface area contributed by atoms with Gasteiger partial charge < -0.3 is 14.7 Å². The van der Waals surface area contributed by atoms with Crippen molar-refractivity contribution in [3.05, 3.63) is 40.9 Å². The van der Waals surface area contributed by atoms with Gasteiger partial charge in [0.1, 0.15) is 28.2 Å². The summed E-state index contributed by atoms with van der Waals surface area (Å²) in [4.78, 5) is 4.01. The molecule has 0 radical (unpaired) electrons. The fraction of sp³-hybridized carbons (Fsp3) is 0.556. The lowest BCUT2D eigenvalue weighted by Crippen LogP contribution is -2.28. The summed E-state index contributed by atoms with van der Waals surface area (Å²) in [5.74, 6) is 0.877. The average molecular weight is 487 g/mol. The molecule has 0 aliphatic rings. The third kappa shape index (κ3) is 6.86. The molecule has 1 aromatic heterocycles. The van der Waals surface area contributed by atoms with E-state index in [1.54, 1.807) is 12.1 Å². The van der Waals surface area contributed by atoms with Crippen molar-refractivity contribution in [3.63, 3.8) is 0 Å². The van der Waals surface area contributed by atoms with E-state index in [0.29, 0.717) is 34.1 Å². The topological polar surface area (TPSA) is 63.4 Å². The van der Waals surface area contributed by atoms with Crippen molar-refractivity contribution in [1.29, 1.82) is 0 Å². The van der Waals surface area contributed by atoms with Crippen molar-refractivity contribution in [1.82, 2.24) is 19.9 Å². The quantitative estimate of drug-likeness (QED) is 0.287. The minimum Gasteiger partial charge on any atom is -0.505 e. The molecule has 186 valence electrons. The van der Waals surface area contributed by atoms with Gasteiger partial charge in [0, 0.05) is 23.2 Å². The third-order valence-electron chi connectivity index (χ3n) is 5.97. The summed E-state index contributed by atoms with van der Waals surface area (Å²) in [6.07, 6.45) is 5.85. The first kappa shape index (κ1) is 26.3. The molecule has 0 atom stereocenters. The number of rotatable bonds is 12. The lowest BCUT2D eigenvalue weighted by molar-refractivity contribution is 0.229. The molecule has 6 nitrogen and oxygen atoms in total. The van der Waals surface area contributed by atoms with Crippen molar-refractivity contribution in [2.45, 2.75) is 72.1 Å². The number of phenolic OH excluding ortho intramolecular Hbond substituents is 1. The Labute approximate surface area is 208 Å². The summed E-state index contributed by atoms with van der Waals surface area (Å²) in [6.45, 7) is 14.6. The summed E-state index contributed by atoms with van der Waals surface area (Å²) in [7, 11) is 0. The summed E-state index contributed by atoms with van der Waals surface area (Å²) in [5.41, 5.74) is 2.42. The zero-order chi connectivity index (χ0) is 24.7. The second-order valence-electron chi connectivity index (χ2n) is 9.96. The fourth-order valence-corrected chi connectivity index (χ4v) is 4.14. The van der Waals surface area contributed by atoms with Gasteiger partial charge in [-0.25, -0.2) is 0 Å². The van der Waals surface area contributed by atoms with Gasteiger partial charge in [0.25, 0.3) is 0 Å². The summed E-state index contributed by atoms with van der Waals surface area (Å²) >= 11 is 6.11. The average Bonchev–Trinajstić information content (AvgIpc) is 3.20. The van der Waals surface area contributed by atoms with Gasteiger partial charge in [-0.2, -0.15) is 0 Å². The van der Waals surface area contributed by atoms with E-state index in [9.17, 15) is 5.11 Å². The Hall–Kier alpha value is -2.31. The molecule has 0 spiro atoms. The predicted octanol–water partition coefficient (Wildman–Crippen LogP) is 6.75. The van der Waals surface area contributed by atoms with Gasteiger partial charge in [0.05, 0.1) is 6.61 Å². The van der Waals surface area contributed by atoms with Gasteiger partial charge in [-0.15, -0.1) is 15.0 Å². The molecule has 0 saturated carbocycles. The summed E-state index contributed by atoms with van der Waals surface area (Å²) in [5, 5.41) is 20.8. The monoisotopic (exact) mass is 486 g/mol. The van der Waals surface area contributed by atoms with Crippen LogP contribution in [0, 0.1) is 0 Å². The van der Waals surface area contributed by atoms with Crippen LogP contribution in [0.3, 0.4) is 0 Å². The molecule has 1 N–H and O–H groups in total. The number of nitrogens with zero attached hydrogens (tertiary/aromatic N) is 4. The van der Waals surface area contributed by atoms with Crippen LogP contribution in [0.25, 0.3) is 16.7 Å². The molecule has 0 saturated heterocycles. The Kier molecular flexibility index (Phi) is 9.20. The Morgan fingerprint density at radius 3 is 2.24 bits per heavy atom. The highest BCUT2D eigenvalue weighted by Crippen LogP contribution is 2.38. The van der Waals surface area contributed by atoms with E-state index in [4.69, 9.17) is 16.3 Å². The summed E-state index contributed by atoms with van der Waals surface area (Å²) in [6, 6.07) is 9.13. The molecule has 34 heavy (non-hydrogen) atoms. The Morgan fingerprint density at radius 2 is 1.59 bits per heavy atom. The van der Waals surface area contributed by atoms with Crippen LogP contribution in [0.4, 0.5) is 0 Å². The largest absolute Gasteiger partial charge is 0.505 e. The molecule has 3 rings (SSSR count). The minimum absolute atomic E-state index is 0.163. The molecule has 3 aromatic rings. The first-order valence-corrected chi connectivity index (χ1v) is 12.9. The molecule has 1 heterocycles. The lowest BCUT2D eigenvalue weighted by Gasteiger charge is -2.24. The van der Waals surface area contributed by atoms with Gasteiger partial charge in [0.2, 0.25) is 0 Å². The molecule has 0 unspecified atom stereocenters. The number of aromatic nitrogens is 3. The van der Waals surface area contributed by atoms with Crippen molar-refractivity contribution >= 4 is 22.6 Å². The van der Waals surface area contributed by atoms with Crippen molar-refractivity contribution < 1.29 is 9.84 Å². The molecule has 2 aromatic carbocycles. The van der Waals surface area contributed by atoms with Crippen molar-refractivity contribution in [2.24, 2.45) is 0 Å². The van der Waals surface area contributed by atoms with Crippen molar-refractivity contribution in [3.8, 4) is 17.2 Å². The maximum atomic E-state index is 11.1. The zero-order valence-electron chi connectivity index (χ0n) is 21.3. The van der Waals surface area contributed by atoms with Gasteiger partial charge in [-0.3, -0.25) is 0 Å². The molecular weight excluding hydrogens is 448 g/mol. The van der Waals surface area contributed by atoms with Crippen LogP contribution in [0.2, 0.25) is 5.02 Å². The molecule has 0 fully saturated rings. The first-order chi connectivity index (χ1) is 16.2. The second kappa shape index (κ2) is 11.9. The Morgan fingerprint density at radius 1 is 0.941 bits per heavy atom. The van der Waals surface area contributed by atoms with Crippen molar-refractivity contribution in [2.75, 3.05) is 26.2 Å². The van der Waals surface area contributed by atoms with Gasteiger partial charge in [0.15, 0.2) is 0 Å². The normalized spacial score (nSPS) is 12.1. The number of benzene rings is 2. The van der Waals surface area contributed by atoms with Gasteiger partial charge >= 0.3 is 0 Å². The van der Waals surface area contributed by atoms with E-state index in [2.05, 4.69) is 49.7 Å². The fourth-order valence-electron chi connectivity index (χ4n) is 3.97. The lowest BCUT2D eigenvalue weighted by atomic mass is 9.86. The highest BCUT2D eigenvalue weighted by Gasteiger charge is 2.24. The number of halogens is 1.